The number of halogens is 3. The van der Waals surface area contributed by atoms with Crippen molar-refractivity contribution < 1.29 is 0 Å². The number of hydrogen-bond donors (Lipinski definition) is 0. The van der Waals surface area contributed by atoms with E-state index in [1.54, 1.807) is 0 Å². The van der Waals surface area contributed by atoms with Gasteiger partial charge in [-0.25, -0.2) is 0 Å². The fourth-order valence-electron chi connectivity index (χ4n) is 0.246. The smallest absolute Gasteiger partial charge is 0.109 e. The SMILES string of the molecule is CC(Cl)CC(Cl)Cl. The van der Waals surface area contributed by atoms with E-state index in [0.29, 0.717) is 6.42 Å². The van der Waals surface area contributed by atoms with E-state index < -0.39 is 0 Å². The van der Waals surface area contributed by atoms with Crippen molar-refractivity contribution >= 4 is 34.8 Å². The molecular weight excluding hydrogens is 154 g/mol. The lowest BCUT2D eigenvalue weighted by Gasteiger charge is -1.99. The summed E-state index contributed by atoms with van der Waals surface area (Å²) in [6.45, 7) is 1.86. The Morgan fingerprint density at radius 2 is 1.71 bits per heavy atom. The fraction of sp³-hybridized carbons (Fsp3) is 1.00. The van der Waals surface area contributed by atoms with Crippen LogP contribution in [0.1, 0.15) is 13.3 Å². The molecule has 3 heteroatoms. The third-order valence-corrected chi connectivity index (χ3v) is 1.04. The lowest BCUT2D eigenvalue weighted by Crippen LogP contribution is -1.96. The second kappa shape index (κ2) is 3.82. The van der Waals surface area contributed by atoms with E-state index in [9.17, 15) is 0 Å². The second-order valence-corrected chi connectivity index (χ2v) is 3.43. The van der Waals surface area contributed by atoms with Gasteiger partial charge in [-0.3, -0.25) is 0 Å². The molecule has 0 aromatic carbocycles. The zero-order chi connectivity index (χ0) is 5.86. The highest BCUT2D eigenvalue weighted by Crippen LogP contribution is 2.12. The summed E-state index contributed by atoms with van der Waals surface area (Å²) < 4.78 is 0. The van der Waals surface area contributed by atoms with Gasteiger partial charge in [0.15, 0.2) is 0 Å². The van der Waals surface area contributed by atoms with Crippen LogP contribution in [0.3, 0.4) is 0 Å². The Labute approximate surface area is 58.7 Å². The second-order valence-electron chi connectivity index (χ2n) is 1.41. The van der Waals surface area contributed by atoms with Crippen LogP contribution in [0, 0.1) is 0 Å². The van der Waals surface area contributed by atoms with Crippen LogP contribution < -0.4 is 0 Å². The van der Waals surface area contributed by atoms with Crippen LogP contribution in [0.2, 0.25) is 0 Å². The highest BCUT2D eigenvalue weighted by atomic mass is 35.5. The molecule has 0 aliphatic rings. The monoisotopic (exact) mass is 160 g/mol. The molecule has 7 heavy (non-hydrogen) atoms. The van der Waals surface area contributed by atoms with Crippen LogP contribution in [-0.2, 0) is 0 Å². The number of rotatable bonds is 2. The molecule has 0 radical (unpaired) electrons. The van der Waals surface area contributed by atoms with Crippen molar-refractivity contribution in [1.29, 1.82) is 0 Å². The first kappa shape index (κ1) is 7.87. The van der Waals surface area contributed by atoms with Gasteiger partial charge in [0.2, 0.25) is 0 Å². The van der Waals surface area contributed by atoms with Crippen molar-refractivity contribution in [2.24, 2.45) is 0 Å². The Morgan fingerprint density at radius 3 is 1.71 bits per heavy atom. The topological polar surface area (TPSA) is 0 Å². The maximum Gasteiger partial charge on any atom is 0.109 e. The molecule has 0 rings (SSSR count). The van der Waals surface area contributed by atoms with E-state index in [4.69, 9.17) is 34.8 Å². The molecule has 0 aliphatic carbocycles. The van der Waals surface area contributed by atoms with Gasteiger partial charge in [0.1, 0.15) is 4.84 Å². The van der Waals surface area contributed by atoms with Gasteiger partial charge in [0.25, 0.3) is 0 Å². The highest BCUT2D eigenvalue weighted by Gasteiger charge is 2.02. The standard InChI is InChI=1S/C4H7Cl3/c1-3(5)2-4(6)7/h3-4H,2H2,1H3. The summed E-state index contributed by atoms with van der Waals surface area (Å²) in [7, 11) is 0. The molecule has 1 atom stereocenters. The number of hydrogen-bond acceptors (Lipinski definition) is 0. The van der Waals surface area contributed by atoms with E-state index >= 15 is 0 Å². The van der Waals surface area contributed by atoms with Gasteiger partial charge in [-0.1, -0.05) is 0 Å². The van der Waals surface area contributed by atoms with Gasteiger partial charge in [0.05, 0.1) is 0 Å². The van der Waals surface area contributed by atoms with Crippen molar-refractivity contribution in [3.8, 4) is 0 Å². The van der Waals surface area contributed by atoms with Gasteiger partial charge in [-0.2, -0.15) is 0 Å². The molecule has 0 amide bonds. The van der Waals surface area contributed by atoms with Crippen LogP contribution in [0.5, 0.6) is 0 Å². The molecule has 1 unspecified atom stereocenters. The average Bonchev–Trinajstić information content (AvgIpc) is 1.27. The zero-order valence-corrected chi connectivity index (χ0v) is 6.26. The van der Waals surface area contributed by atoms with E-state index in [0.717, 1.165) is 0 Å². The summed E-state index contributed by atoms with van der Waals surface area (Å²) in [6.07, 6.45) is 0.657. The van der Waals surface area contributed by atoms with Gasteiger partial charge >= 0.3 is 0 Å². The van der Waals surface area contributed by atoms with Gasteiger partial charge in [-0.15, -0.1) is 34.8 Å². The number of alkyl halides is 3. The minimum absolute atomic E-state index is 0.0833. The fourth-order valence-corrected chi connectivity index (χ4v) is 1.14. The highest BCUT2D eigenvalue weighted by molar-refractivity contribution is 6.44. The zero-order valence-electron chi connectivity index (χ0n) is 4.00. The summed E-state index contributed by atoms with van der Waals surface area (Å²) in [4.78, 5) is -0.312. The first-order valence-electron chi connectivity index (χ1n) is 2.05. The Hall–Kier alpha value is 0.870. The van der Waals surface area contributed by atoms with Crippen molar-refractivity contribution in [2.75, 3.05) is 0 Å². The lowest BCUT2D eigenvalue weighted by atomic mass is 10.4. The normalized spacial score (nSPS) is 15.0. The third-order valence-electron chi connectivity index (χ3n) is 0.503. The van der Waals surface area contributed by atoms with Crippen molar-refractivity contribution in [3.63, 3.8) is 0 Å². The molecule has 0 bridgehead atoms. The van der Waals surface area contributed by atoms with Gasteiger partial charge in [0, 0.05) is 5.38 Å². The summed E-state index contributed by atoms with van der Waals surface area (Å²) >= 11 is 16.2. The average molecular weight is 161 g/mol. The van der Waals surface area contributed by atoms with E-state index in [2.05, 4.69) is 0 Å². The molecule has 44 valence electrons. The summed E-state index contributed by atoms with van der Waals surface area (Å²) in [6, 6.07) is 0. The molecule has 0 heterocycles. The van der Waals surface area contributed by atoms with Crippen LogP contribution >= 0.6 is 34.8 Å². The molecule has 0 aromatic heterocycles. The van der Waals surface area contributed by atoms with Gasteiger partial charge < -0.3 is 0 Å². The Balaban J connectivity index is 2.95. The quantitative estimate of drug-likeness (QED) is 0.547. The van der Waals surface area contributed by atoms with Crippen LogP contribution in [0.25, 0.3) is 0 Å². The minimum atomic E-state index is -0.312. The largest absolute Gasteiger partial charge is 0.123 e. The molecule has 0 N–H and O–H groups in total. The molecule has 0 aliphatic heterocycles. The Bertz CT molecular complexity index is 36.2. The summed E-state index contributed by atoms with van der Waals surface area (Å²) in [5, 5.41) is 0.0833. The molecule has 0 spiro atoms. The van der Waals surface area contributed by atoms with Crippen molar-refractivity contribution in [2.45, 2.75) is 23.6 Å². The Morgan fingerprint density at radius 1 is 1.29 bits per heavy atom. The predicted molar refractivity (Wildman–Crippen MR) is 35.4 cm³/mol. The predicted octanol–water partition coefficient (Wildman–Crippen LogP) is 2.81. The van der Waals surface area contributed by atoms with Crippen molar-refractivity contribution in [1.82, 2.24) is 0 Å². The lowest BCUT2D eigenvalue weighted by molar-refractivity contribution is 0.869. The molecular formula is C4H7Cl3. The van der Waals surface area contributed by atoms with Crippen LogP contribution in [0.15, 0.2) is 0 Å². The summed E-state index contributed by atoms with van der Waals surface area (Å²) in [5.41, 5.74) is 0. The first-order chi connectivity index (χ1) is 3.13. The van der Waals surface area contributed by atoms with Crippen LogP contribution in [0.4, 0.5) is 0 Å². The maximum atomic E-state index is 5.50. The third kappa shape index (κ3) is 6.87. The minimum Gasteiger partial charge on any atom is -0.123 e. The van der Waals surface area contributed by atoms with Gasteiger partial charge in [-0.05, 0) is 13.3 Å². The van der Waals surface area contributed by atoms with E-state index in [1.807, 2.05) is 6.92 Å². The molecule has 0 fully saturated rings. The van der Waals surface area contributed by atoms with E-state index in [-0.39, 0.29) is 10.2 Å². The molecule has 0 saturated carbocycles. The van der Waals surface area contributed by atoms with Crippen LogP contribution in [-0.4, -0.2) is 10.2 Å². The molecule has 0 nitrogen and oxygen atoms in total. The maximum absolute atomic E-state index is 5.50. The molecule has 0 aromatic rings. The first-order valence-corrected chi connectivity index (χ1v) is 3.36. The molecule has 0 saturated heterocycles. The van der Waals surface area contributed by atoms with E-state index in [1.165, 1.54) is 0 Å². The Kier molecular flexibility index (Phi) is 4.30. The van der Waals surface area contributed by atoms with Crippen molar-refractivity contribution in [3.05, 3.63) is 0 Å². The summed E-state index contributed by atoms with van der Waals surface area (Å²) in [5.74, 6) is 0.